The van der Waals surface area contributed by atoms with Gasteiger partial charge in [0.05, 0.1) is 16.5 Å². The van der Waals surface area contributed by atoms with Crippen LogP contribution in [0, 0.1) is 0 Å². The largest absolute Gasteiger partial charge is 0.394 e. The van der Waals surface area contributed by atoms with Crippen LogP contribution in [-0.4, -0.2) is 29.5 Å². The summed E-state index contributed by atoms with van der Waals surface area (Å²) in [5.74, 6) is 0. The fourth-order valence-corrected chi connectivity index (χ4v) is 2.10. The molecule has 3 N–H and O–H groups in total. The minimum absolute atomic E-state index is 0.194. The van der Waals surface area contributed by atoms with Crippen molar-refractivity contribution in [1.82, 2.24) is 5.32 Å². The molecule has 0 aromatic carbocycles. The lowest BCUT2D eigenvalue weighted by molar-refractivity contribution is 0.0942. The molecule has 1 aromatic rings. The second kappa shape index (κ2) is 5.72. The van der Waals surface area contributed by atoms with E-state index in [2.05, 4.69) is 21.2 Å². The highest BCUT2D eigenvalue weighted by atomic mass is 79.9. The molecule has 74 valence electrons. The van der Waals surface area contributed by atoms with E-state index in [-0.39, 0.29) is 6.61 Å². The first-order chi connectivity index (χ1) is 6.22. The first-order valence-corrected chi connectivity index (χ1v) is 5.62. The molecule has 0 aliphatic heterocycles. The van der Waals surface area contributed by atoms with Crippen LogP contribution in [-0.2, 0) is 6.54 Å². The molecule has 0 saturated heterocycles. The van der Waals surface area contributed by atoms with Crippen molar-refractivity contribution >= 4 is 27.3 Å². The molecule has 1 aromatic heterocycles. The molecule has 1 unspecified atom stereocenters. The lowest BCUT2D eigenvalue weighted by atomic mass is 10.3. The fourth-order valence-electron chi connectivity index (χ4n) is 0.886. The van der Waals surface area contributed by atoms with Gasteiger partial charge in [0.15, 0.2) is 0 Å². The average Bonchev–Trinajstić information content (AvgIpc) is 2.51. The van der Waals surface area contributed by atoms with Gasteiger partial charge in [0.2, 0.25) is 0 Å². The van der Waals surface area contributed by atoms with Crippen molar-refractivity contribution in [3.63, 3.8) is 0 Å². The molecule has 0 aliphatic carbocycles. The smallest absolute Gasteiger partial charge is 0.0895 e. The molecule has 0 fully saturated rings. The maximum absolute atomic E-state index is 9.02. The Morgan fingerprint density at radius 1 is 1.62 bits per heavy atom. The zero-order valence-corrected chi connectivity index (χ0v) is 9.44. The number of aliphatic hydroxyl groups excluding tert-OH is 2. The van der Waals surface area contributed by atoms with E-state index in [1.54, 1.807) is 11.3 Å². The lowest BCUT2D eigenvalue weighted by Gasteiger charge is -2.07. The van der Waals surface area contributed by atoms with Crippen LogP contribution in [0.2, 0.25) is 0 Å². The number of hydrogen-bond acceptors (Lipinski definition) is 4. The predicted octanol–water partition coefficient (Wildman–Crippen LogP) is 0.953. The third kappa shape index (κ3) is 4.19. The Kier molecular flexibility index (Phi) is 4.90. The summed E-state index contributed by atoms with van der Waals surface area (Å²) in [7, 11) is 0. The van der Waals surface area contributed by atoms with Gasteiger partial charge in [-0.3, -0.25) is 0 Å². The first kappa shape index (κ1) is 11.1. The van der Waals surface area contributed by atoms with E-state index in [1.807, 2.05) is 11.4 Å². The Morgan fingerprint density at radius 2 is 2.38 bits per heavy atom. The van der Waals surface area contributed by atoms with Gasteiger partial charge in [0, 0.05) is 13.1 Å². The summed E-state index contributed by atoms with van der Waals surface area (Å²) in [6, 6.07) is 2.03. The summed E-state index contributed by atoms with van der Waals surface area (Å²) < 4.78 is 1.10. The minimum atomic E-state index is -0.665. The van der Waals surface area contributed by atoms with Gasteiger partial charge in [-0.2, -0.15) is 0 Å². The highest BCUT2D eigenvalue weighted by Gasteiger charge is 2.01. The van der Waals surface area contributed by atoms with Crippen LogP contribution < -0.4 is 5.32 Å². The number of aliphatic hydroxyl groups is 2. The highest BCUT2D eigenvalue weighted by molar-refractivity contribution is 9.11. The molecule has 13 heavy (non-hydrogen) atoms. The van der Waals surface area contributed by atoms with Gasteiger partial charge < -0.3 is 15.5 Å². The molecular formula is C8H12BrNO2S. The lowest BCUT2D eigenvalue weighted by Crippen LogP contribution is -2.28. The molecule has 1 heterocycles. The molecule has 5 heteroatoms. The number of hydrogen-bond donors (Lipinski definition) is 3. The second-order valence-electron chi connectivity index (χ2n) is 2.73. The predicted molar refractivity (Wildman–Crippen MR) is 56.8 cm³/mol. The number of halogens is 1. The number of thiophene rings is 1. The van der Waals surface area contributed by atoms with Crippen LogP contribution in [0.4, 0.5) is 0 Å². The third-order valence-electron chi connectivity index (χ3n) is 1.54. The fraction of sp³-hybridized carbons (Fsp3) is 0.500. The van der Waals surface area contributed by atoms with E-state index in [0.29, 0.717) is 6.54 Å². The van der Waals surface area contributed by atoms with Crippen molar-refractivity contribution in [1.29, 1.82) is 0 Å². The summed E-state index contributed by atoms with van der Waals surface area (Å²) in [6.07, 6.45) is -0.665. The van der Waals surface area contributed by atoms with E-state index in [0.717, 1.165) is 10.3 Å². The van der Waals surface area contributed by atoms with E-state index in [4.69, 9.17) is 10.2 Å². The van der Waals surface area contributed by atoms with Gasteiger partial charge in [0.25, 0.3) is 0 Å². The average molecular weight is 266 g/mol. The van der Waals surface area contributed by atoms with Gasteiger partial charge in [-0.25, -0.2) is 0 Å². The third-order valence-corrected chi connectivity index (χ3v) is 3.09. The Bertz CT molecular complexity index is 254. The van der Waals surface area contributed by atoms with Crippen molar-refractivity contribution < 1.29 is 10.2 Å². The van der Waals surface area contributed by atoms with Gasteiger partial charge in [0.1, 0.15) is 0 Å². The number of nitrogens with one attached hydrogen (secondary N) is 1. The Morgan fingerprint density at radius 3 is 2.92 bits per heavy atom. The maximum atomic E-state index is 9.02. The summed E-state index contributed by atoms with van der Waals surface area (Å²) in [6.45, 7) is 0.948. The topological polar surface area (TPSA) is 52.5 Å². The van der Waals surface area contributed by atoms with Crippen molar-refractivity contribution in [2.45, 2.75) is 12.6 Å². The molecular weight excluding hydrogens is 254 g/mol. The quantitative estimate of drug-likeness (QED) is 0.744. The molecule has 0 amide bonds. The van der Waals surface area contributed by atoms with Crippen molar-refractivity contribution in [3.05, 3.63) is 20.8 Å². The zero-order valence-electron chi connectivity index (χ0n) is 7.03. The van der Waals surface area contributed by atoms with Crippen molar-refractivity contribution in [2.75, 3.05) is 13.2 Å². The van der Waals surface area contributed by atoms with Gasteiger partial charge in [-0.05, 0) is 32.9 Å². The highest BCUT2D eigenvalue weighted by Crippen LogP contribution is 2.20. The monoisotopic (exact) mass is 265 g/mol. The standard InChI is InChI=1S/C8H12BrNO2S/c9-8-1-6(5-13-8)2-10-3-7(12)4-11/h1,5,7,10-12H,2-4H2. The molecule has 1 rings (SSSR count). The van der Waals surface area contributed by atoms with Crippen LogP contribution in [0.1, 0.15) is 5.56 Å². The Balaban J connectivity index is 2.20. The molecule has 0 spiro atoms. The van der Waals surface area contributed by atoms with Crippen molar-refractivity contribution in [2.24, 2.45) is 0 Å². The molecule has 0 bridgehead atoms. The Labute approximate surface area is 89.5 Å². The summed E-state index contributed by atoms with van der Waals surface area (Å²) >= 11 is 5.00. The van der Waals surface area contributed by atoms with Crippen LogP contribution in [0.3, 0.4) is 0 Å². The van der Waals surface area contributed by atoms with Crippen molar-refractivity contribution in [3.8, 4) is 0 Å². The SMILES string of the molecule is OCC(O)CNCc1csc(Br)c1. The normalized spacial score (nSPS) is 13.2. The molecule has 0 aliphatic rings. The van der Waals surface area contributed by atoms with Gasteiger partial charge in [-0.1, -0.05) is 0 Å². The van der Waals surface area contributed by atoms with E-state index in [1.165, 1.54) is 5.56 Å². The second-order valence-corrected chi connectivity index (χ2v) is 5.02. The van der Waals surface area contributed by atoms with E-state index in [9.17, 15) is 0 Å². The molecule has 0 radical (unpaired) electrons. The zero-order chi connectivity index (χ0) is 9.68. The summed E-state index contributed by atoms with van der Waals surface area (Å²) in [4.78, 5) is 0. The van der Waals surface area contributed by atoms with E-state index < -0.39 is 6.10 Å². The van der Waals surface area contributed by atoms with Crippen LogP contribution in [0.15, 0.2) is 15.2 Å². The summed E-state index contributed by atoms with van der Waals surface area (Å²) in [5.41, 5.74) is 1.18. The first-order valence-electron chi connectivity index (χ1n) is 3.95. The van der Waals surface area contributed by atoms with Crippen LogP contribution in [0.5, 0.6) is 0 Å². The molecule has 1 atom stereocenters. The number of rotatable bonds is 5. The van der Waals surface area contributed by atoms with E-state index >= 15 is 0 Å². The maximum Gasteiger partial charge on any atom is 0.0895 e. The van der Waals surface area contributed by atoms with Crippen LogP contribution in [0.25, 0.3) is 0 Å². The summed E-state index contributed by atoms with van der Waals surface area (Å²) in [5, 5.41) is 22.6. The molecule has 3 nitrogen and oxygen atoms in total. The Hall–Kier alpha value is 0.0600. The molecule has 0 saturated carbocycles. The van der Waals surface area contributed by atoms with Gasteiger partial charge in [-0.15, -0.1) is 11.3 Å². The van der Waals surface area contributed by atoms with Crippen LogP contribution >= 0.6 is 27.3 Å². The van der Waals surface area contributed by atoms with Gasteiger partial charge >= 0.3 is 0 Å². The minimum Gasteiger partial charge on any atom is -0.394 e.